The third-order valence-corrected chi connectivity index (χ3v) is 6.13. The molecule has 2 saturated heterocycles. The standard InChI is InChI=1S/C18H31N5O/c1-21-17(14-22-9-11-24-12-10-22)19-20-18(21)15-5-4-8-23(13-15)16-6-2-3-7-16/h15-16H,2-14H2,1H3/t15-/m0/s1. The lowest BCUT2D eigenvalue weighted by molar-refractivity contribution is 0.0326. The van der Waals surface area contributed by atoms with Gasteiger partial charge in [-0.3, -0.25) is 9.80 Å². The number of morpholine rings is 1. The van der Waals surface area contributed by atoms with Gasteiger partial charge in [0.2, 0.25) is 0 Å². The molecule has 3 aliphatic rings. The van der Waals surface area contributed by atoms with Crippen LogP contribution in [0.2, 0.25) is 0 Å². The van der Waals surface area contributed by atoms with Gasteiger partial charge in [-0.2, -0.15) is 0 Å². The highest BCUT2D eigenvalue weighted by atomic mass is 16.5. The maximum Gasteiger partial charge on any atom is 0.146 e. The van der Waals surface area contributed by atoms with Crippen molar-refractivity contribution in [1.82, 2.24) is 24.6 Å². The average Bonchev–Trinajstić information content (AvgIpc) is 3.27. The maximum absolute atomic E-state index is 5.44. The Kier molecular flexibility index (Phi) is 5.15. The minimum absolute atomic E-state index is 0.551. The van der Waals surface area contributed by atoms with Crippen LogP contribution in [0.4, 0.5) is 0 Å². The molecule has 1 aliphatic carbocycles. The van der Waals surface area contributed by atoms with Crippen LogP contribution in [0.15, 0.2) is 0 Å². The summed E-state index contributed by atoms with van der Waals surface area (Å²) >= 11 is 0. The molecule has 0 aromatic carbocycles. The van der Waals surface area contributed by atoms with Gasteiger partial charge in [0, 0.05) is 38.6 Å². The van der Waals surface area contributed by atoms with Crippen molar-refractivity contribution in [3.63, 3.8) is 0 Å². The van der Waals surface area contributed by atoms with E-state index in [1.807, 2.05) is 0 Å². The van der Waals surface area contributed by atoms with Crippen LogP contribution in [-0.2, 0) is 18.3 Å². The van der Waals surface area contributed by atoms with Crippen molar-refractivity contribution in [3.8, 4) is 0 Å². The van der Waals surface area contributed by atoms with E-state index < -0.39 is 0 Å². The normalized spacial score (nSPS) is 27.8. The summed E-state index contributed by atoms with van der Waals surface area (Å²) in [6, 6.07) is 0.828. The molecule has 0 radical (unpaired) electrons. The highest BCUT2D eigenvalue weighted by molar-refractivity contribution is 5.04. The van der Waals surface area contributed by atoms with E-state index in [0.29, 0.717) is 5.92 Å². The van der Waals surface area contributed by atoms with Crippen LogP contribution >= 0.6 is 0 Å². The predicted octanol–water partition coefficient (Wildman–Crippen LogP) is 1.77. The van der Waals surface area contributed by atoms with E-state index in [-0.39, 0.29) is 0 Å². The minimum atomic E-state index is 0.551. The van der Waals surface area contributed by atoms with Crippen LogP contribution in [0.5, 0.6) is 0 Å². The summed E-state index contributed by atoms with van der Waals surface area (Å²) in [7, 11) is 2.15. The summed E-state index contributed by atoms with van der Waals surface area (Å²) in [4.78, 5) is 5.15. The first-order valence-electron chi connectivity index (χ1n) is 9.73. The molecule has 1 aromatic rings. The lowest BCUT2D eigenvalue weighted by atomic mass is 9.95. The summed E-state index contributed by atoms with van der Waals surface area (Å²) in [6.07, 6.45) is 8.18. The first-order valence-corrected chi connectivity index (χ1v) is 9.73. The average molecular weight is 333 g/mol. The largest absolute Gasteiger partial charge is 0.379 e. The van der Waals surface area contributed by atoms with Crippen LogP contribution < -0.4 is 0 Å². The fraction of sp³-hybridized carbons (Fsp3) is 0.889. The second-order valence-corrected chi connectivity index (χ2v) is 7.69. The topological polar surface area (TPSA) is 46.4 Å². The number of piperidine rings is 1. The first kappa shape index (κ1) is 16.5. The van der Waals surface area contributed by atoms with E-state index in [1.54, 1.807) is 0 Å². The smallest absolute Gasteiger partial charge is 0.146 e. The monoisotopic (exact) mass is 333 g/mol. The van der Waals surface area contributed by atoms with E-state index in [0.717, 1.165) is 44.7 Å². The Morgan fingerprint density at radius 2 is 1.79 bits per heavy atom. The number of nitrogens with zero attached hydrogens (tertiary/aromatic N) is 5. The van der Waals surface area contributed by atoms with Crippen molar-refractivity contribution < 1.29 is 4.74 Å². The lowest BCUT2D eigenvalue weighted by Crippen LogP contribution is -2.41. The van der Waals surface area contributed by atoms with E-state index in [2.05, 4.69) is 31.6 Å². The molecule has 134 valence electrons. The summed E-state index contributed by atoms with van der Waals surface area (Å²) in [5, 5.41) is 9.11. The third kappa shape index (κ3) is 3.51. The second kappa shape index (κ2) is 7.50. The predicted molar refractivity (Wildman–Crippen MR) is 92.9 cm³/mol. The van der Waals surface area contributed by atoms with Crippen molar-refractivity contribution >= 4 is 0 Å². The van der Waals surface area contributed by atoms with E-state index in [9.17, 15) is 0 Å². The molecule has 6 heteroatoms. The Balaban J connectivity index is 1.41. The molecule has 0 amide bonds. The zero-order valence-corrected chi connectivity index (χ0v) is 15.0. The van der Waals surface area contributed by atoms with Gasteiger partial charge in [0.05, 0.1) is 19.8 Å². The van der Waals surface area contributed by atoms with Crippen LogP contribution in [0.25, 0.3) is 0 Å². The molecular weight excluding hydrogens is 302 g/mol. The molecule has 3 heterocycles. The van der Waals surface area contributed by atoms with E-state index >= 15 is 0 Å². The molecule has 24 heavy (non-hydrogen) atoms. The fourth-order valence-electron chi connectivity index (χ4n) is 4.65. The van der Waals surface area contributed by atoms with Gasteiger partial charge in [0.25, 0.3) is 0 Å². The quantitative estimate of drug-likeness (QED) is 0.840. The van der Waals surface area contributed by atoms with Crippen LogP contribution in [-0.4, -0.2) is 70.0 Å². The maximum atomic E-state index is 5.44. The fourth-order valence-corrected chi connectivity index (χ4v) is 4.65. The third-order valence-electron chi connectivity index (χ3n) is 6.13. The van der Waals surface area contributed by atoms with Gasteiger partial charge in [0.1, 0.15) is 11.6 Å². The van der Waals surface area contributed by atoms with Crippen molar-refractivity contribution in [1.29, 1.82) is 0 Å². The molecule has 6 nitrogen and oxygen atoms in total. The van der Waals surface area contributed by atoms with Crippen molar-refractivity contribution in [2.24, 2.45) is 7.05 Å². The van der Waals surface area contributed by atoms with Crippen LogP contribution in [0.3, 0.4) is 0 Å². The number of aromatic nitrogens is 3. The first-order chi connectivity index (χ1) is 11.8. The highest BCUT2D eigenvalue weighted by Gasteiger charge is 2.31. The van der Waals surface area contributed by atoms with Gasteiger partial charge in [-0.1, -0.05) is 12.8 Å². The van der Waals surface area contributed by atoms with Gasteiger partial charge >= 0.3 is 0 Å². The van der Waals surface area contributed by atoms with Gasteiger partial charge in [-0.05, 0) is 32.2 Å². The minimum Gasteiger partial charge on any atom is -0.379 e. The Labute approximate surface area is 145 Å². The van der Waals surface area contributed by atoms with Gasteiger partial charge in [-0.15, -0.1) is 10.2 Å². The van der Waals surface area contributed by atoms with E-state index in [4.69, 9.17) is 4.74 Å². The number of rotatable bonds is 4. The highest BCUT2D eigenvalue weighted by Crippen LogP contribution is 2.31. The van der Waals surface area contributed by atoms with E-state index in [1.165, 1.54) is 57.4 Å². The molecule has 1 atom stereocenters. The van der Waals surface area contributed by atoms with Crippen LogP contribution in [0.1, 0.15) is 56.1 Å². The summed E-state index contributed by atoms with van der Waals surface area (Å²) in [6.45, 7) is 7.02. The van der Waals surface area contributed by atoms with Gasteiger partial charge < -0.3 is 9.30 Å². The zero-order valence-electron chi connectivity index (χ0n) is 15.0. The Bertz CT molecular complexity index is 534. The van der Waals surface area contributed by atoms with Crippen molar-refractivity contribution in [3.05, 3.63) is 11.6 Å². The molecule has 0 unspecified atom stereocenters. The number of hydrogen-bond donors (Lipinski definition) is 0. The molecule has 3 fully saturated rings. The molecule has 0 bridgehead atoms. The number of ether oxygens (including phenoxy) is 1. The lowest BCUT2D eigenvalue weighted by Gasteiger charge is -2.36. The summed E-state index contributed by atoms with van der Waals surface area (Å²) < 4.78 is 7.70. The Morgan fingerprint density at radius 1 is 1.00 bits per heavy atom. The molecule has 4 rings (SSSR count). The molecule has 2 aliphatic heterocycles. The molecule has 1 aromatic heterocycles. The van der Waals surface area contributed by atoms with Gasteiger partial charge in [0.15, 0.2) is 0 Å². The molecule has 0 spiro atoms. The molecule has 1 saturated carbocycles. The number of likely N-dealkylation sites (tertiary alicyclic amines) is 1. The molecular formula is C18H31N5O. The number of hydrogen-bond acceptors (Lipinski definition) is 5. The second-order valence-electron chi connectivity index (χ2n) is 7.69. The summed E-state index contributed by atoms with van der Waals surface area (Å²) in [5.41, 5.74) is 0. The van der Waals surface area contributed by atoms with Crippen LogP contribution in [0, 0.1) is 0 Å². The molecule has 0 N–H and O–H groups in total. The Hall–Kier alpha value is -0.980. The van der Waals surface area contributed by atoms with Crippen molar-refractivity contribution in [2.75, 3.05) is 39.4 Å². The Morgan fingerprint density at radius 3 is 2.58 bits per heavy atom. The summed E-state index contributed by atoms with van der Waals surface area (Å²) in [5.74, 6) is 2.85. The SMILES string of the molecule is Cn1c(CN2CCOCC2)nnc1[C@H]1CCCN(C2CCCC2)C1. The zero-order chi connectivity index (χ0) is 16.4. The van der Waals surface area contributed by atoms with Gasteiger partial charge in [-0.25, -0.2) is 0 Å². The van der Waals surface area contributed by atoms with Crippen molar-refractivity contribution in [2.45, 2.75) is 57.0 Å².